The van der Waals surface area contributed by atoms with Crippen molar-refractivity contribution in [2.24, 2.45) is 11.8 Å². The van der Waals surface area contributed by atoms with E-state index in [4.69, 9.17) is 0 Å². The lowest BCUT2D eigenvalue weighted by molar-refractivity contribution is 0.439. The average Bonchev–Trinajstić information content (AvgIpc) is 2.90. The molecule has 100 valence electrons. The van der Waals surface area contributed by atoms with E-state index in [1.165, 1.54) is 30.4 Å². The van der Waals surface area contributed by atoms with Crippen LogP contribution < -0.4 is 0 Å². The van der Waals surface area contributed by atoms with Crippen molar-refractivity contribution in [2.45, 2.75) is 38.5 Å². The summed E-state index contributed by atoms with van der Waals surface area (Å²) in [7, 11) is 0. The molecule has 0 bridgehead atoms. The molecule has 0 saturated heterocycles. The fourth-order valence-electron chi connectivity index (χ4n) is 3.95. The van der Waals surface area contributed by atoms with Crippen LogP contribution >= 0.6 is 0 Å². The Morgan fingerprint density at radius 3 is 2.68 bits per heavy atom. The molecule has 0 heterocycles. The molecule has 0 aromatic heterocycles. The molecule has 1 aromatic rings. The number of hydrogen-bond acceptors (Lipinski definition) is 1. The van der Waals surface area contributed by atoms with Crippen molar-refractivity contribution in [3.63, 3.8) is 0 Å². The Balaban J connectivity index is 1.93. The van der Waals surface area contributed by atoms with Gasteiger partial charge in [-0.25, -0.2) is 0 Å². The first-order chi connectivity index (χ1) is 9.15. The zero-order valence-electron chi connectivity index (χ0n) is 11.6. The Kier molecular flexibility index (Phi) is 3.22. The Hall–Kier alpha value is -1.50. The Bertz CT molecular complexity index is 509. The van der Waals surface area contributed by atoms with Crippen molar-refractivity contribution in [3.8, 4) is 5.75 Å². The highest BCUT2D eigenvalue weighted by Crippen LogP contribution is 2.52. The molecule has 1 aromatic carbocycles. The summed E-state index contributed by atoms with van der Waals surface area (Å²) in [5.41, 5.74) is 4.16. The second kappa shape index (κ2) is 4.88. The van der Waals surface area contributed by atoms with E-state index in [1.807, 2.05) is 12.1 Å². The SMILES string of the molecule is C=C(C)CC1=CC2CCCC2C1c1ccc(O)cc1. The lowest BCUT2D eigenvalue weighted by Crippen LogP contribution is -2.11. The average molecular weight is 254 g/mol. The molecule has 2 aliphatic carbocycles. The molecule has 2 aliphatic rings. The highest BCUT2D eigenvalue weighted by Gasteiger charge is 2.40. The largest absolute Gasteiger partial charge is 0.508 e. The van der Waals surface area contributed by atoms with Crippen LogP contribution in [0.3, 0.4) is 0 Å². The summed E-state index contributed by atoms with van der Waals surface area (Å²) in [6.45, 7) is 6.19. The number of benzene rings is 1. The van der Waals surface area contributed by atoms with Crippen LogP contribution in [0.25, 0.3) is 0 Å². The molecule has 0 radical (unpaired) electrons. The predicted molar refractivity (Wildman–Crippen MR) is 79.2 cm³/mol. The molecule has 0 aliphatic heterocycles. The first-order valence-corrected chi connectivity index (χ1v) is 7.29. The Labute approximate surface area is 115 Å². The molecule has 1 fully saturated rings. The molecule has 1 nitrogen and oxygen atoms in total. The molecule has 3 unspecified atom stereocenters. The molecule has 0 amide bonds. The van der Waals surface area contributed by atoms with Crippen LogP contribution in [0.1, 0.15) is 44.1 Å². The first kappa shape index (κ1) is 12.5. The minimum absolute atomic E-state index is 0.357. The van der Waals surface area contributed by atoms with Crippen LogP contribution in [-0.4, -0.2) is 5.11 Å². The zero-order chi connectivity index (χ0) is 13.4. The third-order valence-corrected chi connectivity index (χ3v) is 4.64. The molecule has 3 rings (SSSR count). The second-order valence-corrected chi connectivity index (χ2v) is 6.20. The van der Waals surface area contributed by atoms with Gasteiger partial charge in [0.15, 0.2) is 0 Å². The van der Waals surface area contributed by atoms with E-state index in [0.29, 0.717) is 11.7 Å². The first-order valence-electron chi connectivity index (χ1n) is 7.29. The quantitative estimate of drug-likeness (QED) is 0.768. The van der Waals surface area contributed by atoms with Gasteiger partial charge in [0.1, 0.15) is 5.75 Å². The third-order valence-electron chi connectivity index (χ3n) is 4.64. The number of allylic oxidation sites excluding steroid dienone is 3. The molecule has 1 N–H and O–H groups in total. The Morgan fingerprint density at radius 1 is 1.26 bits per heavy atom. The predicted octanol–water partition coefficient (Wildman–Crippen LogP) is 4.80. The third kappa shape index (κ3) is 2.34. The topological polar surface area (TPSA) is 20.2 Å². The van der Waals surface area contributed by atoms with Crippen molar-refractivity contribution >= 4 is 0 Å². The Morgan fingerprint density at radius 2 is 2.00 bits per heavy atom. The molecule has 1 saturated carbocycles. The van der Waals surface area contributed by atoms with Gasteiger partial charge in [0.05, 0.1) is 0 Å². The van der Waals surface area contributed by atoms with Crippen LogP contribution in [0.15, 0.2) is 48.1 Å². The van der Waals surface area contributed by atoms with Crippen molar-refractivity contribution < 1.29 is 5.11 Å². The van der Waals surface area contributed by atoms with Gasteiger partial charge in [-0.05, 0) is 55.7 Å². The summed E-state index contributed by atoms with van der Waals surface area (Å²) >= 11 is 0. The summed E-state index contributed by atoms with van der Waals surface area (Å²) < 4.78 is 0. The van der Waals surface area contributed by atoms with Gasteiger partial charge in [0.25, 0.3) is 0 Å². The molecule has 3 atom stereocenters. The number of fused-ring (bicyclic) bond motifs is 1. The van der Waals surface area contributed by atoms with E-state index in [-0.39, 0.29) is 0 Å². The van der Waals surface area contributed by atoms with Crippen molar-refractivity contribution in [1.29, 1.82) is 0 Å². The minimum atomic E-state index is 0.357. The molecular formula is C18H22O. The van der Waals surface area contributed by atoms with Crippen molar-refractivity contribution in [3.05, 3.63) is 53.6 Å². The highest BCUT2D eigenvalue weighted by atomic mass is 16.3. The summed E-state index contributed by atoms with van der Waals surface area (Å²) in [6, 6.07) is 7.81. The number of phenolic OH excluding ortho intramolecular Hbond substituents is 1. The van der Waals surface area contributed by atoms with Gasteiger partial charge in [-0.3, -0.25) is 0 Å². The summed E-state index contributed by atoms with van der Waals surface area (Å²) in [4.78, 5) is 0. The molecular weight excluding hydrogens is 232 g/mol. The smallest absolute Gasteiger partial charge is 0.115 e. The van der Waals surface area contributed by atoms with Gasteiger partial charge in [0.2, 0.25) is 0 Å². The van der Waals surface area contributed by atoms with E-state index in [9.17, 15) is 5.11 Å². The monoisotopic (exact) mass is 254 g/mol. The normalized spacial score (nSPS) is 29.1. The number of hydrogen-bond donors (Lipinski definition) is 1. The maximum atomic E-state index is 9.47. The lowest BCUT2D eigenvalue weighted by Gasteiger charge is -2.23. The standard InChI is InChI=1S/C18H22O/c1-12(2)10-15-11-14-4-3-5-17(14)18(15)13-6-8-16(19)9-7-13/h6-9,11,14,17-19H,1,3-5,10H2,2H3. The fourth-order valence-corrected chi connectivity index (χ4v) is 3.95. The van der Waals surface area contributed by atoms with E-state index in [0.717, 1.165) is 18.3 Å². The van der Waals surface area contributed by atoms with Crippen LogP contribution in [0.5, 0.6) is 5.75 Å². The van der Waals surface area contributed by atoms with Crippen LogP contribution in [0.4, 0.5) is 0 Å². The van der Waals surface area contributed by atoms with Gasteiger partial charge < -0.3 is 5.11 Å². The lowest BCUT2D eigenvalue weighted by atomic mass is 9.81. The minimum Gasteiger partial charge on any atom is -0.508 e. The number of aromatic hydroxyl groups is 1. The molecule has 0 spiro atoms. The maximum absolute atomic E-state index is 9.47. The second-order valence-electron chi connectivity index (χ2n) is 6.20. The summed E-state index contributed by atoms with van der Waals surface area (Å²) in [5, 5.41) is 9.47. The van der Waals surface area contributed by atoms with Crippen molar-refractivity contribution in [1.82, 2.24) is 0 Å². The maximum Gasteiger partial charge on any atom is 0.115 e. The summed E-state index contributed by atoms with van der Waals surface area (Å²) in [5.74, 6) is 2.45. The van der Waals surface area contributed by atoms with Gasteiger partial charge >= 0.3 is 0 Å². The number of rotatable bonds is 3. The van der Waals surface area contributed by atoms with Gasteiger partial charge in [0, 0.05) is 5.92 Å². The van der Waals surface area contributed by atoms with Gasteiger partial charge in [-0.2, -0.15) is 0 Å². The van der Waals surface area contributed by atoms with Crippen LogP contribution in [-0.2, 0) is 0 Å². The van der Waals surface area contributed by atoms with Crippen LogP contribution in [0.2, 0.25) is 0 Å². The van der Waals surface area contributed by atoms with E-state index < -0.39 is 0 Å². The van der Waals surface area contributed by atoms with E-state index in [1.54, 1.807) is 5.57 Å². The number of phenols is 1. The zero-order valence-corrected chi connectivity index (χ0v) is 11.6. The summed E-state index contributed by atoms with van der Waals surface area (Å²) in [6.07, 6.45) is 7.59. The fraction of sp³-hybridized carbons (Fsp3) is 0.444. The molecule has 19 heavy (non-hydrogen) atoms. The van der Waals surface area contributed by atoms with Gasteiger partial charge in [-0.15, -0.1) is 0 Å². The molecule has 1 heteroatoms. The van der Waals surface area contributed by atoms with Gasteiger partial charge in [-0.1, -0.05) is 42.4 Å². The van der Waals surface area contributed by atoms with E-state index >= 15 is 0 Å². The van der Waals surface area contributed by atoms with Crippen molar-refractivity contribution in [2.75, 3.05) is 0 Å². The highest BCUT2D eigenvalue weighted by molar-refractivity contribution is 5.39. The van der Waals surface area contributed by atoms with E-state index in [2.05, 4.69) is 31.7 Å². The van der Waals surface area contributed by atoms with Crippen LogP contribution in [0, 0.1) is 11.8 Å².